The lowest BCUT2D eigenvalue weighted by Crippen LogP contribution is -2.33. The average molecular weight is 460 g/mol. The Bertz CT molecular complexity index is 1210. The van der Waals surface area contributed by atoms with Crippen LogP contribution >= 0.6 is 35.0 Å². The van der Waals surface area contributed by atoms with Crippen molar-refractivity contribution in [2.45, 2.75) is 30.2 Å². The number of fused-ring (bicyclic) bond motifs is 1. The van der Waals surface area contributed by atoms with E-state index in [1.165, 1.54) is 17.3 Å². The Morgan fingerprint density at radius 1 is 1.20 bits per heavy atom. The SMILES string of the molecule is Cc1cccc(CSc2nc(=O)c3c(n2C)NC(=O)CC3c2cccc(Cl)c2Cl)c1. The van der Waals surface area contributed by atoms with E-state index in [4.69, 9.17) is 23.2 Å². The molecule has 3 aromatic rings. The minimum Gasteiger partial charge on any atom is -0.312 e. The number of amides is 1. The molecule has 5 nitrogen and oxygen atoms in total. The van der Waals surface area contributed by atoms with Crippen LogP contribution in [0.4, 0.5) is 5.82 Å². The van der Waals surface area contributed by atoms with Crippen LogP contribution in [-0.4, -0.2) is 15.5 Å². The van der Waals surface area contributed by atoms with Crippen molar-refractivity contribution in [2.24, 2.45) is 7.05 Å². The van der Waals surface area contributed by atoms with Gasteiger partial charge < -0.3 is 9.88 Å². The molecule has 1 atom stereocenters. The number of carbonyl (C=O) groups excluding carboxylic acids is 1. The van der Waals surface area contributed by atoms with Crippen LogP contribution in [0, 0.1) is 6.92 Å². The maximum absolute atomic E-state index is 13.0. The summed E-state index contributed by atoms with van der Waals surface area (Å²) < 4.78 is 1.76. The van der Waals surface area contributed by atoms with Gasteiger partial charge in [-0.25, -0.2) is 0 Å². The zero-order valence-corrected chi connectivity index (χ0v) is 18.7. The lowest BCUT2D eigenvalue weighted by Gasteiger charge is -2.28. The number of nitrogens with zero attached hydrogens (tertiary/aromatic N) is 2. The maximum Gasteiger partial charge on any atom is 0.279 e. The number of anilines is 1. The highest BCUT2D eigenvalue weighted by Crippen LogP contribution is 2.40. The van der Waals surface area contributed by atoms with Gasteiger partial charge in [0.2, 0.25) is 5.91 Å². The number of hydrogen-bond donors (Lipinski definition) is 1. The number of nitrogens with one attached hydrogen (secondary N) is 1. The second-order valence-corrected chi connectivity index (χ2v) is 8.97. The van der Waals surface area contributed by atoms with Crippen LogP contribution in [0.25, 0.3) is 0 Å². The molecular weight excluding hydrogens is 441 g/mol. The van der Waals surface area contributed by atoms with Crippen molar-refractivity contribution in [1.82, 2.24) is 9.55 Å². The van der Waals surface area contributed by atoms with Crippen LogP contribution in [0.5, 0.6) is 0 Å². The molecule has 0 spiro atoms. The van der Waals surface area contributed by atoms with Crippen LogP contribution in [0.15, 0.2) is 52.4 Å². The molecule has 0 bridgehead atoms. The summed E-state index contributed by atoms with van der Waals surface area (Å²) in [6.45, 7) is 2.04. The van der Waals surface area contributed by atoms with Crippen LogP contribution in [0.3, 0.4) is 0 Å². The first-order valence-electron chi connectivity index (χ1n) is 9.38. The molecule has 0 aliphatic carbocycles. The van der Waals surface area contributed by atoms with Crippen molar-refractivity contribution in [2.75, 3.05) is 5.32 Å². The van der Waals surface area contributed by atoms with Crippen molar-refractivity contribution >= 4 is 46.7 Å². The summed E-state index contributed by atoms with van der Waals surface area (Å²) in [4.78, 5) is 29.8. The van der Waals surface area contributed by atoms with E-state index in [2.05, 4.69) is 16.4 Å². The lowest BCUT2D eigenvalue weighted by molar-refractivity contribution is -0.116. The summed E-state index contributed by atoms with van der Waals surface area (Å²) in [5.41, 5.74) is 3.03. The fourth-order valence-corrected chi connectivity index (χ4v) is 5.02. The predicted molar refractivity (Wildman–Crippen MR) is 122 cm³/mol. The lowest BCUT2D eigenvalue weighted by atomic mass is 9.86. The Kier molecular flexibility index (Phi) is 5.91. The third-order valence-electron chi connectivity index (χ3n) is 5.11. The van der Waals surface area contributed by atoms with E-state index >= 15 is 0 Å². The highest BCUT2D eigenvalue weighted by Gasteiger charge is 2.33. The fourth-order valence-electron chi connectivity index (χ4n) is 3.67. The Labute approximate surface area is 188 Å². The van der Waals surface area contributed by atoms with Crippen molar-refractivity contribution in [1.29, 1.82) is 0 Å². The first kappa shape index (κ1) is 21.0. The number of thioether (sulfide) groups is 1. The van der Waals surface area contributed by atoms with Gasteiger partial charge in [-0.3, -0.25) is 9.59 Å². The highest BCUT2D eigenvalue weighted by molar-refractivity contribution is 7.98. The molecule has 0 saturated carbocycles. The molecule has 0 radical (unpaired) electrons. The molecular formula is C22H19Cl2N3O2S. The van der Waals surface area contributed by atoms with E-state index in [0.29, 0.717) is 37.9 Å². The number of halogens is 2. The molecule has 1 amide bonds. The van der Waals surface area contributed by atoms with E-state index in [1.54, 1.807) is 29.8 Å². The molecule has 154 valence electrons. The van der Waals surface area contributed by atoms with Crippen molar-refractivity contribution in [3.63, 3.8) is 0 Å². The number of benzene rings is 2. The summed E-state index contributed by atoms with van der Waals surface area (Å²) in [6.07, 6.45) is 0.111. The van der Waals surface area contributed by atoms with Crippen LogP contribution < -0.4 is 10.9 Å². The first-order chi connectivity index (χ1) is 14.3. The quantitative estimate of drug-likeness (QED) is 0.432. The van der Waals surface area contributed by atoms with Gasteiger partial charge in [-0.15, -0.1) is 0 Å². The predicted octanol–water partition coefficient (Wildman–Crippen LogP) is 5.16. The third-order valence-corrected chi connectivity index (χ3v) is 7.04. The summed E-state index contributed by atoms with van der Waals surface area (Å²) in [6, 6.07) is 13.4. The van der Waals surface area contributed by atoms with E-state index in [-0.39, 0.29) is 17.9 Å². The van der Waals surface area contributed by atoms with Gasteiger partial charge in [-0.2, -0.15) is 4.98 Å². The summed E-state index contributed by atoms with van der Waals surface area (Å²) in [5.74, 6) is 0.443. The monoisotopic (exact) mass is 459 g/mol. The number of hydrogen-bond acceptors (Lipinski definition) is 4. The molecule has 30 heavy (non-hydrogen) atoms. The van der Waals surface area contributed by atoms with Gasteiger partial charge in [-0.05, 0) is 24.1 Å². The van der Waals surface area contributed by atoms with Gasteiger partial charge in [0.05, 0.1) is 15.6 Å². The number of rotatable bonds is 4. The average Bonchev–Trinajstić information content (AvgIpc) is 2.71. The Hall–Kier alpha value is -2.28. The molecule has 1 aliphatic heterocycles. The Morgan fingerprint density at radius 3 is 2.73 bits per heavy atom. The second kappa shape index (κ2) is 8.46. The Morgan fingerprint density at radius 2 is 1.97 bits per heavy atom. The van der Waals surface area contributed by atoms with Gasteiger partial charge in [0, 0.05) is 25.1 Å². The summed E-state index contributed by atoms with van der Waals surface area (Å²) in [7, 11) is 1.80. The first-order valence-corrected chi connectivity index (χ1v) is 11.1. The summed E-state index contributed by atoms with van der Waals surface area (Å²) >= 11 is 14.0. The maximum atomic E-state index is 13.0. The largest absolute Gasteiger partial charge is 0.312 e. The standard InChI is InChI=1S/C22H19Cl2N3O2S/c1-12-5-3-6-13(9-12)11-30-22-26-21(29)18-15(10-17(28)25-20(18)27(22)2)14-7-4-8-16(23)19(14)24/h3-9,15H,10-11H2,1-2H3,(H,25,28). The third kappa shape index (κ3) is 4.00. The normalized spacial score (nSPS) is 15.6. The highest BCUT2D eigenvalue weighted by atomic mass is 35.5. The van der Waals surface area contributed by atoms with Gasteiger partial charge in [-0.1, -0.05) is 76.9 Å². The molecule has 2 aromatic carbocycles. The Balaban J connectivity index is 1.75. The van der Waals surface area contributed by atoms with Gasteiger partial charge >= 0.3 is 0 Å². The second-order valence-electron chi connectivity index (χ2n) is 7.25. The molecule has 1 N–H and O–H groups in total. The number of carbonyl (C=O) groups is 1. The number of aryl methyl sites for hydroxylation is 1. The molecule has 0 fully saturated rings. The van der Waals surface area contributed by atoms with E-state index < -0.39 is 5.92 Å². The van der Waals surface area contributed by atoms with Crippen molar-refractivity contribution in [3.8, 4) is 0 Å². The minimum atomic E-state index is -0.498. The van der Waals surface area contributed by atoms with Gasteiger partial charge in [0.25, 0.3) is 5.56 Å². The van der Waals surface area contributed by atoms with Gasteiger partial charge in [0.1, 0.15) is 5.82 Å². The molecule has 1 aromatic heterocycles. The van der Waals surface area contributed by atoms with Crippen LogP contribution in [-0.2, 0) is 17.6 Å². The van der Waals surface area contributed by atoms with Crippen LogP contribution in [0.2, 0.25) is 10.0 Å². The molecule has 1 unspecified atom stereocenters. The van der Waals surface area contributed by atoms with E-state index in [9.17, 15) is 9.59 Å². The molecule has 1 aliphatic rings. The number of aromatic nitrogens is 2. The van der Waals surface area contributed by atoms with E-state index in [0.717, 1.165) is 5.56 Å². The van der Waals surface area contributed by atoms with Gasteiger partial charge in [0.15, 0.2) is 5.16 Å². The topological polar surface area (TPSA) is 64.0 Å². The van der Waals surface area contributed by atoms with Crippen LogP contribution in [0.1, 0.15) is 34.6 Å². The fraction of sp³-hybridized carbons (Fsp3) is 0.227. The molecule has 2 heterocycles. The van der Waals surface area contributed by atoms with Crippen molar-refractivity contribution < 1.29 is 4.79 Å². The van der Waals surface area contributed by atoms with E-state index in [1.807, 2.05) is 25.1 Å². The molecule has 8 heteroatoms. The molecule has 4 rings (SSSR count). The zero-order chi connectivity index (χ0) is 21.4. The zero-order valence-electron chi connectivity index (χ0n) is 16.4. The van der Waals surface area contributed by atoms with Crippen molar-refractivity contribution in [3.05, 3.63) is 85.1 Å². The molecule has 0 saturated heterocycles. The smallest absolute Gasteiger partial charge is 0.279 e. The summed E-state index contributed by atoms with van der Waals surface area (Å²) in [5, 5.41) is 4.12. The minimum absolute atomic E-state index is 0.111.